The van der Waals surface area contributed by atoms with Gasteiger partial charge < -0.3 is 10.1 Å². The molecule has 1 saturated heterocycles. The molecule has 25 heavy (non-hydrogen) atoms. The van der Waals surface area contributed by atoms with Crippen LogP contribution in [0.2, 0.25) is 0 Å². The topological polar surface area (TPSA) is 38.3 Å². The van der Waals surface area contributed by atoms with E-state index in [-0.39, 0.29) is 11.3 Å². The molecule has 0 radical (unpaired) electrons. The average Bonchev–Trinajstić information content (AvgIpc) is 3.22. The number of hydrogen-bond acceptors (Lipinski definition) is 3. The maximum Gasteiger partial charge on any atom is 0.251 e. The second-order valence-electron chi connectivity index (χ2n) is 6.58. The van der Waals surface area contributed by atoms with Crippen molar-refractivity contribution in [3.05, 3.63) is 70.4 Å². The molecule has 3 aromatic rings. The molecule has 0 unspecified atom stereocenters. The first-order chi connectivity index (χ1) is 12.3. The summed E-state index contributed by atoms with van der Waals surface area (Å²) >= 11 is 1.77. The SMILES string of the molecule is O=C(NCC1(c2cccs2)CCOCC1)c1cccc2ccccc12. The van der Waals surface area contributed by atoms with E-state index in [1.165, 1.54) is 4.88 Å². The smallest absolute Gasteiger partial charge is 0.251 e. The molecule has 4 rings (SSSR count). The van der Waals surface area contributed by atoms with Crippen molar-refractivity contribution >= 4 is 28.0 Å². The lowest BCUT2D eigenvalue weighted by Gasteiger charge is -2.36. The second kappa shape index (κ2) is 6.98. The lowest BCUT2D eigenvalue weighted by atomic mass is 9.78. The maximum absolute atomic E-state index is 12.9. The summed E-state index contributed by atoms with van der Waals surface area (Å²) in [6.45, 7) is 2.16. The first kappa shape index (κ1) is 16.3. The zero-order valence-electron chi connectivity index (χ0n) is 14.0. The van der Waals surface area contributed by atoms with Crippen molar-refractivity contribution in [2.45, 2.75) is 18.3 Å². The third-order valence-electron chi connectivity index (χ3n) is 5.12. The van der Waals surface area contributed by atoms with Gasteiger partial charge in [0.2, 0.25) is 0 Å². The molecule has 4 heteroatoms. The van der Waals surface area contributed by atoms with Crippen molar-refractivity contribution in [2.75, 3.05) is 19.8 Å². The first-order valence-electron chi connectivity index (χ1n) is 8.66. The summed E-state index contributed by atoms with van der Waals surface area (Å²) in [4.78, 5) is 14.2. The highest BCUT2D eigenvalue weighted by Crippen LogP contribution is 2.37. The number of benzene rings is 2. The van der Waals surface area contributed by atoms with E-state index in [0.29, 0.717) is 6.54 Å². The molecule has 0 aliphatic carbocycles. The lowest BCUT2D eigenvalue weighted by molar-refractivity contribution is 0.0499. The molecule has 0 spiro atoms. The Hall–Kier alpha value is -2.17. The van der Waals surface area contributed by atoms with Gasteiger partial charge >= 0.3 is 0 Å². The van der Waals surface area contributed by atoms with Crippen molar-refractivity contribution in [1.29, 1.82) is 0 Å². The molecule has 128 valence electrons. The number of thiophene rings is 1. The second-order valence-corrected chi connectivity index (χ2v) is 7.53. The van der Waals surface area contributed by atoms with Gasteiger partial charge in [0.05, 0.1) is 0 Å². The Balaban J connectivity index is 1.57. The van der Waals surface area contributed by atoms with Gasteiger partial charge in [-0.3, -0.25) is 4.79 Å². The van der Waals surface area contributed by atoms with E-state index in [0.717, 1.165) is 42.4 Å². The molecule has 2 aromatic carbocycles. The minimum atomic E-state index is -0.00728. The van der Waals surface area contributed by atoms with Crippen LogP contribution in [0.5, 0.6) is 0 Å². The van der Waals surface area contributed by atoms with Crippen LogP contribution in [-0.2, 0) is 10.2 Å². The van der Waals surface area contributed by atoms with Crippen LogP contribution < -0.4 is 5.32 Å². The molecule has 3 nitrogen and oxygen atoms in total. The van der Waals surface area contributed by atoms with Crippen molar-refractivity contribution < 1.29 is 9.53 Å². The summed E-state index contributed by atoms with van der Waals surface area (Å²) in [5.74, 6) is -0.000719. The Morgan fingerprint density at radius 2 is 1.84 bits per heavy atom. The number of rotatable bonds is 4. The molecule has 0 bridgehead atoms. The molecule has 1 amide bonds. The monoisotopic (exact) mass is 351 g/mol. The highest BCUT2D eigenvalue weighted by molar-refractivity contribution is 7.10. The molecule has 1 aliphatic rings. The minimum absolute atomic E-state index is 0.000719. The molecular formula is C21H21NO2S. The van der Waals surface area contributed by atoms with Gasteiger partial charge in [0, 0.05) is 35.6 Å². The van der Waals surface area contributed by atoms with Crippen molar-refractivity contribution in [3.63, 3.8) is 0 Å². The van der Waals surface area contributed by atoms with E-state index in [9.17, 15) is 4.79 Å². The third-order valence-corrected chi connectivity index (χ3v) is 6.23. The fourth-order valence-electron chi connectivity index (χ4n) is 3.62. The van der Waals surface area contributed by atoms with E-state index in [1.54, 1.807) is 11.3 Å². The lowest BCUT2D eigenvalue weighted by Crippen LogP contribution is -2.44. The van der Waals surface area contributed by atoms with Crippen molar-refractivity contribution in [1.82, 2.24) is 5.32 Å². The molecule has 1 aliphatic heterocycles. The zero-order valence-corrected chi connectivity index (χ0v) is 14.9. The van der Waals surface area contributed by atoms with Gasteiger partial charge in [-0.1, -0.05) is 42.5 Å². The Bertz CT molecular complexity index is 861. The average molecular weight is 351 g/mol. The van der Waals surface area contributed by atoms with Crippen LogP contribution in [0.3, 0.4) is 0 Å². The van der Waals surface area contributed by atoms with Crippen LogP contribution in [0.1, 0.15) is 28.1 Å². The number of amides is 1. The highest BCUT2D eigenvalue weighted by Gasteiger charge is 2.35. The summed E-state index contributed by atoms with van der Waals surface area (Å²) < 4.78 is 5.56. The number of hydrogen-bond donors (Lipinski definition) is 1. The number of carbonyl (C=O) groups is 1. The first-order valence-corrected chi connectivity index (χ1v) is 9.54. The molecule has 2 heterocycles. The third kappa shape index (κ3) is 3.20. The van der Waals surface area contributed by atoms with Gasteiger partial charge in [-0.05, 0) is 41.1 Å². The van der Waals surface area contributed by atoms with E-state index >= 15 is 0 Å². The molecular weight excluding hydrogens is 330 g/mol. The predicted octanol–water partition coefficient (Wildman–Crippen LogP) is 4.38. The van der Waals surface area contributed by atoms with Gasteiger partial charge in [-0.15, -0.1) is 11.3 Å². The standard InChI is InChI=1S/C21H21NO2S/c23-20(18-8-3-6-16-5-1-2-7-17(16)18)22-15-21(10-12-24-13-11-21)19-9-4-14-25-19/h1-9,14H,10-13,15H2,(H,22,23). The summed E-state index contributed by atoms with van der Waals surface area (Å²) in [5.41, 5.74) is 0.735. The van der Waals surface area contributed by atoms with Gasteiger partial charge in [-0.2, -0.15) is 0 Å². The van der Waals surface area contributed by atoms with Crippen LogP contribution in [0.15, 0.2) is 60.0 Å². The van der Waals surface area contributed by atoms with Gasteiger partial charge in [0.25, 0.3) is 5.91 Å². The number of ether oxygens (including phenoxy) is 1. The van der Waals surface area contributed by atoms with Crippen LogP contribution in [0.4, 0.5) is 0 Å². The normalized spacial score (nSPS) is 16.6. The quantitative estimate of drug-likeness (QED) is 0.757. The Morgan fingerprint density at radius 3 is 2.64 bits per heavy atom. The Morgan fingerprint density at radius 1 is 1.04 bits per heavy atom. The van der Waals surface area contributed by atoms with E-state index in [2.05, 4.69) is 22.8 Å². The molecule has 0 saturated carbocycles. The highest BCUT2D eigenvalue weighted by atomic mass is 32.1. The van der Waals surface area contributed by atoms with Crippen LogP contribution in [0.25, 0.3) is 10.8 Å². The summed E-state index contributed by atoms with van der Waals surface area (Å²) in [6.07, 6.45) is 1.90. The fourth-order valence-corrected chi connectivity index (χ4v) is 4.61. The Labute approximate surface area is 151 Å². The van der Waals surface area contributed by atoms with Crippen molar-refractivity contribution in [3.8, 4) is 0 Å². The maximum atomic E-state index is 12.9. The van der Waals surface area contributed by atoms with E-state index in [4.69, 9.17) is 4.74 Å². The van der Waals surface area contributed by atoms with Crippen LogP contribution in [0, 0.1) is 0 Å². The van der Waals surface area contributed by atoms with Crippen LogP contribution in [-0.4, -0.2) is 25.7 Å². The minimum Gasteiger partial charge on any atom is -0.381 e. The van der Waals surface area contributed by atoms with E-state index < -0.39 is 0 Å². The number of nitrogens with one attached hydrogen (secondary N) is 1. The van der Waals surface area contributed by atoms with Crippen LogP contribution >= 0.6 is 11.3 Å². The molecule has 1 fully saturated rings. The molecule has 1 N–H and O–H groups in total. The molecule has 0 atom stereocenters. The molecule has 1 aromatic heterocycles. The van der Waals surface area contributed by atoms with Crippen molar-refractivity contribution in [2.24, 2.45) is 0 Å². The Kier molecular flexibility index (Phi) is 4.55. The number of fused-ring (bicyclic) bond motifs is 1. The predicted molar refractivity (Wildman–Crippen MR) is 102 cm³/mol. The fraction of sp³-hybridized carbons (Fsp3) is 0.286. The van der Waals surface area contributed by atoms with E-state index in [1.807, 2.05) is 42.5 Å². The largest absolute Gasteiger partial charge is 0.381 e. The van der Waals surface area contributed by atoms with Gasteiger partial charge in [0.1, 0.15) is 0 Å². The van der Waals surface area contributed by atoms with Gasteiger partial charge in [-0.25, -0.2) is 0 Å². The summed E-state index contributed by atoms with van der Waals surface area (Å²) in [7, 11) is 0. The van der Waals surface area contributed by atoms with Gasteiger partial charge in [0.15, 0.2) is 0 Å². The summed E-state index contributed by atoms with van der Waals surface area (Å²) in [6, 6.07) is 18.2. The number of carbonyl (C=O) groups excluding carboxylic acids is 1. The zero-order chi connectivity index (χ0) is 17.1. The summed E-state index contributed by atoms with van der Waals surface area (Å²) in [5, 5.41) is 7.40.